The smallest absolute Gasteiger partial charge is 0.0159 e. The van der Waals surface area contributed by atoms with Crippen LogP contribution in [0.2, 0.25) is 0 Å². The van der Waals surface area contributed by atoms with Crippen molar-refractivity contribution in [3.05, 3.63) is 155 Å². The maximum Gasteiger partial charge on any atom is 0.0159 e. The Bertz CT molecular complexity index is 1900. The molecule has 0 bridgehead atoms. The molecule has 0 heterocycles. The Morgan fingerprint density at radius 2 is 1.11 bits per heavy atom. The van der Waals surface area contributed by atoms with Crippen LogP contribution < -0.4 is 5.73 Å². The number of rotatable bonds is 7. The van der Waals surface area contributed by atoms with Crippen molar-refractivity contribution in [1.29, 1.82) is 0 Å². The first-order valence-electron chi connectivity index (χ1n) is 15.8. The summed E-state index contributed by atoms with van der Waals surface area (Å²) in [4.78, 5) is 0. The summed E-state index contributed by atoms with van der Waals surface area (Å²) < 4.78 is 0. The molecule has 0 aromatic heterocycles. The fourth-order valence-electron chi connectivity index (χ4n) is 7.37. The van der Waals surface area contributed by atoms with Gasteiger partial charge in [0.25, 0.3) is 0 Å². The van der Waals surface area contributed by atoms with Gasteiger partial charge in [-0.25, -0.2) is 0 Å². The van der Waals surface area contributed by atoms with Crippen molar-refractivity contribution in [3.8, 4) is 22.3 Å². The standard InChI is InChI=1S/C43H45N/c1-27(30-18-20-35-33-14-10-12-16-37(33)42(6,7)39(35)24-30)22-29(3)41(4,5)32(26-44)23-28(2)31-19-21-36-34-15-11-13-17-38(34)43(8,9)40(36)25-31/h10-25H,2-3,26,44H2,1,4-9H3/b27-22+,32-23+. The Hall–Kier alpha value is -4.20. The Kier molecular flexibility index (Phi) is 7.10. The van der Waals surface area contributed by atoms with Crippen LogP contribution >= 0.6 is 0 Å². The molecule has 44 heavy (non-hydrogen) atoms. The molecule has 1 heteroatoms. The summed E-state index contributed by atoms with van der Waals surface area (Å²) in [7, 11) is 0. The molecule has 0 atom stereocenters. The van der Waals surface area contributed by atoms with Crippen molar-refractivity contribution < 1.29 is 0 Å². The van der Waals surface area contributed by atoms with Crippen molar-refractivity contribution in [2.24, 2.45) is 11.1 Å². The zero-order valence-electron chi connectivity index (χ0n) is 27.4. The van der Waals surface area contributed by atoms with Crippen LogP contribution in [0.15, 0.2) is 121 Å². The van der Waals surface area contributed by atoms with E-state index < -0.39 is 0 Å². The van der Waals surface area contributed by atoms with Crippen LogP contribution in [0.4, 0.5) is 0 Å². The third-order valence-corrected chi connectivity index (χ3v) is 10.6. The van der Waals surface area contributed by atoms with Crippen LogP contribution in [0.1, 0.15) is 81.8 Å². The molecule has 0 amide bonds. The second-order valence-corrected chi connectivity index (χ2v) is 14.2. The summed E-state index contributed by atoms with van der Waals surface area (Å²) in [6.07, 6.45) is 4.42. The summed E-state index contributed by atoms with van der Waals surface area (Å²) >= 11 is 0. The molecular weight excluding hydrogens is 530 g/mol. The quantitative estimate of drug-likeness (QED) is 0.218. The molecular formula is C43H45N. The molecule has 0 aliphatic heterocycles. The fourth-order valence-corrected chi connectivity index (χ4v) is 7.37. The minimum absolute atomic E-state index is 0.0239. The van der Waals surface area contributed by atoms with Gasteiger partial charge < -0.3 is 5.73 Å². The van der Waals surface area contributed by atoms with Gasteiger partial charge in [-0.3, -0.25) is 0 Å². The molecule has 0 radical (unpaired) electrons. The molecule has 0 unspecified atom stereocenters. The Balaban J connectivity index is 1.27. The maximum absolute atomic E-state index is 6.42. The molecule has 4 aromatic rings. The van der Waals surface area contributed by atoms with E-state index in [0.29, 0.717) is 6.54 Å². The second kappa shape index (κ2) is 10.5. The summed E-state index contributed by atoms with van der Waals surface area (Å²) in [5, 5.41) is 0. The third kappa shape index (κ3) is 4.57. The van der Waals surface area contributed by atoms with Gasteiger partial charge in [-0.1, -0.05) is 140 Å². The van der Waals surface area contributed by atoms with Crippen LogP contribution in [0.5, 0.6) is 0 Å². The number of hydrogen-bond donors (Lipinski definition) is 1. The molecule has 2 N–H and O–H groups in total. The normalized spacial score (nSPS) is 16.2. The van der Waals surface area contributed by atoms with Gasteiger partial charge in [-0.2, -0.15) is 0 Å². The van der Waals surface area contributed by atoms with Crippen molar-refractivity contribution in [3.63, 3.8) is 0 Å². The molecule has 1 nitrogen and oxygen atoms in total. The van der Waals surface area contributed by atoms with Crippen LogP contribution in [0.3, 0.4) is 0 Å². The lowest BCUT2D eigenvalue weighted by Crippen LogP contribution is -2.23. The molecule has 2 aliphatic rings. The molecule has 222 valence electrons. The molecule has 0 saturated heterocycles. The maximum atomic E-state index is 6.42. The van der Waals surface area contributed by atoms with E-state index in [0.717, 1.165) is 22.3 Å². The topological polar surface area (TPSA) is 26.0 Å². The minimum Gasteiger partial charge on any atom is -0.327 e. The summed E-state index contributed by atoms with van der Waals surface area (Å²) in [5.74, 6) is 0. The predicted molar refractivity (Wildman–Crippen MR) is 191 cm³/mol. The first kappa shape index (κ1) is 29.9. The van der Waals surface area contributed by atoms with E-state index in [2.05, 4.69) is 159 Å². The monoisotopic (exact) mass is 575 g/mol. The zero-order valence-corrected chi connectivity index (χ0v) is 27.4. The van der Waals surface area contributed by atoms with Gasteiger partial charge in [0.15, 0.2) is 0 Å². The predicted octanol–water partition coefficient (Wildman–Crippen LogP) is 10.9. The Morgan fingerprint density at radius 1 is 0.659 bits per heavy atom. The van der Waals surface area contributed by atoms with Crippen LogP contribution in [0.25, 0.3) is 33.4 Å². The van der Waals surface area contributed by atoms with E-state index in [-0.39, 0.29) is 16.2 Å². The molecule has 6 rings (SSSR count). The van der Waals surface area contributed by atoms with Crippen LogP contribution in [-0.2, 0) is 10.8 Å². The first-order valence-corrected chi connectivity index (χ1v) is 15.8. The minimum atomic E-state index is -0.336. The summed E-state index contributed by atoms with van der Waals surface area (Å²) in [5.41, 5.74) is 23.5. The van der Waals surface area contributed by atoms with Crippen molar-refractivity contribution in [2.45, 2.75) is 59.3 Å². The average molecular weight is 576 g/mol. The van der Waals surface area contributed by atoms with Gasteiger partial charge >= 0.3 is 0 Å². The van der Waals surface area contributed by atoms with E-state index in [1.54, 1.807) is 0 Å². The van der Waals surface area contributed by atoms with Gasteiger partial charge in [-0.15, -0.1) is 0 Å². The zero-order chi connectivity index (χ0) is 31.6. The van der Waals surface area contributed by atoms with E-state index >= 15 is 0 Å². The van der Waals surface area contributed by atoms with E-state index in [1.807, 2.05) is 0 Å². The molecule has 0 fully saturated rings. The third-order valence-electron chi connectivity index (χ3n) is 10.6. The van der Waals surface area contributed by atoms with Gasteiger partial charge in [0, 0.05) is 22.8 Å². The van der Waals surface area contributed by atoms with Crippen LogP contribution in [-0.4, -0.2) is 6.54 Å². The number of allylic oxidation sites excluding steroid dienone is 5. The summed E-state index contributed by atoms with van der Waals surface area (Å²) in [6, 6.07) is 31.2. The first-order chi connectivity index (χ1) is 20.8. The Labute approximate surface area is 264 Å². The number of nitrogens with two attached hydrogens (primary N) is 1. The van der Waals surface area contributed by atoms with E-state index in [1.165, 1.54) is 55.6 Å². The SMILES string of the molecule is C=C(/C=C(\CN)C(C)(C)C(=C)/C=C(\C)c1ccc2c(c1)C(C)(C)c1ccccc1-2)c1ccc2c(c1)C(C)(C)c1ccccc1-2. The van der Waals surface area contributed by atoms with Gasteiger partial charge in [0.2, 0.25) is 0 Å². The number of benzene rings is 4. The van der Waals surface area contributed by atoms with E-state index in [9.17, 15) is 0 Å². The highest BCUT2D eigenvalue weighted by molar-refractivity contribution is 5.85. The average Bonchev–Trinajstić information content (AvgIpc) is 3.38. The second-order valence-electron chi connectivity index (χ2n) is 14.2. The fraction of sp³-hybridized carbons (Fsp3) is 0.256. The van der Waals surface area contributed by atoms with Gasteiger partial charge in [0.05, 0.1) is 0 Å². The highest BCUT2D eigenvalue weighted by Crippen LogP contribution is 2.50. The largest absolute Gasteiger partial charge is 0.327 e. The van der Waals surface area contributed by atoms with Gasteiger partial charge in [0.1, 0.15) is 0 Å². The van der Waals surface area contributed by atoms with Crippen molar-refractivity contribution in [2.75, 3.05) is 6.54 Å². The molecule has 2 aliphatic carbocycles. The van der Waals surface area contributed by atoms with Crippen LogP contribution in [0, 0.1) is 5.41 Å². The lowest BCUT2D eigenvalue weighted by atomic mass is 9.75. The molecule has 0 saturated carbocycles. The van der Waals surface area contributed by atoms with Crippen molar-refractivity contribution >= 4 is 11.1 Å². The van der Waals surface area contributed by atoms with Gasteiger partial charge in [-0.05, 0) is 97.0 Å². The summed E-state index contributed by atoms with van der Waals surface area (Å²) in [6.45, 7) is 25.4. The Morgan fingerprint density at radius 3 is 1.64 bits per heavy atom. The number of fused-ring (bicyclic) bond motifs is 6. The van der Waals surface area contributed by atoms with Crippen molar-refractivity contribution in [1.82, 2.24) is 0 Å². The lowest BCUT2D eigenvalue weighted by Gasteiger charge is -2.30. The number of hydrogen-bond acceptors (Lipinski definition) is 1. The van der Waals surface area contributed by atoms with E-state index in [4.69, 9.17) is 5.73 Å². The highest BCUT2D eigenvalue weighted by atomic mass is 14.6. The molecule has 4 aromatic carbocycles. The molecule has 0 spiro atoms. The lowest BCUT2D eigenvalue weighted by molar-refractivity contribution is 0.544. The highest BCUT2D eigenvalue weighted by Gasteiger charge is 2.36.